The van der Waals surface area contributed by atoms with Gasteiger partial charge in [0.25, 0.3) is 0 Å². The Labute approximate surface area is 124 Å². The summed E-state index contributed by atoms with van der Waals surface area (Å²) in [4.78, 5) is 11.5. The van der Waals surface area contributed by atoms with Crippen molar-refractivity contribution < 1.29 is 4.79 Å². The highest BCUT2D eigenvalue weighted by Crippen LogP contribution is 2.23. The van der Waals surface area contributed by atoms with Gasteiger partial charge in [0.15, 0.2) is 0 Å². The van der Waals surface area contributed by atoms with Crippen LogP contribution in [0.5, 0.6) is 0 Å². The molecular formula is C14H20Cl2N2O. The summed E-state index contributed by atoms with van der Waals surface area (Å²) in [7, 11) is 0. The highest BCUT2D eigenvalue weighted by Gasteiger charge is 2.05. The zero-order chi connectivity index (χ0) is 14.3. The van der Waals surface area contributed by atoms with E-state index in [1.54, 1.807) is 12.1 Å². The van der Waals surface area contributed by atoms with Crippen molar-refractivity contribution in [1.29, 1.82) is 0 Å². The van der Waals surface area contributed by atoms with E-state index in [0.717, 1.165) is 12.1 Å². The van der Waals surface area contributed by atoms with Crippen molar-refractivity contribution in [2.24, 2.45) is 5.92 Å². The first kappa shape index (κ1) is 16.3. The fraction of sp³-hybridized carbons (Fsp3) is 0.500. The summed E-state index contributed by atoms with van der Waals surface area (Å²) in [5, 5.41) is 7.33. The topological polar surface area (TPSA) is 41.1 Å². The lowest BCUT2D eigenvalue weighted by molar-refractivity contribution is -0.121. The number of halogens is 2. The zero-order valence-corrected chi connectivity index (χ0v) is 12.8. The molecule has 19 heavy (non-hydrogen) atoms. The number of nitrogens with one attached hydrogen (secondary N) is 2. The largest absolute Gasteiger partial charge is 0.356 e. The Morgan fingerprint density at radius 3 is 2.47 bits per heavy atom. The van der Waals surface area contributed by atoms with Crippen molar-refractivity contribution in [3.63, 3.8) is 0 Å². The number of hydrogen-bond acceptors (Lipinski definition) is 2. The first-order valence-corrected chi connectivity index (χ1v) is 7.16. The molecule has 1 rings (SSSR count). The molecule has 0 spiro atoms. The minimum atomic E-state index is 0.0615. The predicted molar refractivity (Wildman–Crippen MR) is 80.6 cm³/mol. The fourth-order valence-electron chi connectivity index (χ4n) is 1.52. The maximum atomic E-state index is 11.5. The molecule has 0 unspecified atom stereocenters. The van der Waals surface area contributed by atoms with Gasteiger partial charge in [-0.25, -0.2) is 0 Å². The Bertz CT molecular complexity index is 402. The van der Waals surface area contributed by atoms with Crippen LogP contribution in [-0.2, 0) is 11.3 Å². The van der Waals surface area contributed by atoms with Gasteiger partial charge in [0.05, 0.1) is 0 Å². The maximum absolute atomic E-state index is 11.5. The van der Waals surface area contributed by atoms with Crippen molar-refractivity contribution in [1.82, 2.24) is 10.6 Å². The van der Waals surface area contributed by atoms with Gasteiger partial charge in [0.1, 0.15) is 0 Å². The molecule has 0 fully saturated rings. The van der Waals surface area contributed by atoms with Crippen LogP contribution in [-0.4, -0.2) is 19.0 Å². The molecule has 0 aliphatic heterocycles. The van der Waals surface area contributed by atoms with Crippen molar-refractivity contribution in [3.8, 4) is 0 Å². The van der Waals surface area contributed by atoms with Crippen LogP contribution < -0.4 is 10.6 Å². The standard InChI is InChI=1S/C14H20Cl2N2O/c1-10(2)8-18-14(19)6-7-17-9-11-12(15)4-3-5-13(11)16/h3-5,10,17H,6-9H2,1-2H3,(H,18,19). The SMILES string of the molecule is CC(C)CNC(=O)CCNCc1c(Cl)cccc1Cl. The minimum Gasteiger partial charge on any atom is -0.356 e. The normalized spacial score (nSPS) is 10.8. The predicted octanol–water partition coefficient (Wildman–Crippen LogP) is 3.25. The van der Waals surface area contributed by atoms with Gasteiger partial charge in [-0.3, -0.25) is 4.79 Å². The summed E-state index contributed by atoms with van der Waals surface area (Å²) in [6.07, 6.45) is 0.453. The van der Waals surface area contributed by atoms with E-state index in [0.29, 0.717) is 35.5 Å². The zero-order valence-electron chi connectivity index (χ0n) is 11.3. The first-order chi connectivity index (χ1) is 9.00. The summed E-state index contributed by atoms with van der Waals surface area (Å²) < 4.78 is 0. The average molecular weight is 303 g/mol. The number of benzene rings is 1. The molecule has 0 saturated heterocycles. The van der Waals surface area contributed by atoms with Crippen molar-refractivity contribution in [2.75, 3.05) is 13.1 Å². The van der Waals surface area contributed by atoms with E-state index >= 15 is 0 Å². The summed E-state index contributed by atoms with van der Waals surface area (Å²) in [6, 6.07) is 5.42. The van der Waals surface area contributed by atoms with Gasteiger partial charge in [-0.15, -0.1) is 0 Å². The number of rotatable bonds is 7. The summed E-state index contributed by atoms with van der Waals surface area (Å²) in [5.41, 5.74) is 0.869. The highest BCUT2D eigenvalue weighted by molar-refractivity contribution is 6.35. The third-order valence-electron chi connectivity index (χ3n) is 2.60. The molecule has 1 aromatic rings. The third-order valence-corrected chi connectivity index (χ3v) is 3.31. The molecule has 5 heteroatoms. The van der Waals surface area contributed by atoms with E-state index in [-0.39, 0.29) is 5.91 Å². The molecule has 0 saturated carbocycles. The summed E-state index contributed by atoms with van der Waals surface area (Å²) >= 11 is 12.1. The van der Waals surface area contributed by atoms with Crippen LogP contribution in [0.1, 0.15) is 25.8 Å². The second-order valence-corrected chi connectivity index (χ2v) is 5.64. The van der Waals surface area contributed by atoms with Crippen LogP contribution in [0.2, 0.25) is 10.0 Å². The van der Waals surface area contributed by atoms with E-state index in [1.807, 2.05) is 6.07 Å². The Balaban J connectivity index is 2.26. The minimum absolute atomic E-state index is 0.0615. The van der Waals surface area contributed by atoms with E-state index in [4.69, 9.17) is 23.2 Å². The van der Waals surface area contributed by atoms with Gasteiger partial charge in [-0.05, 0) is 18.1 Å². The van der Waals surface area contributed by atoms with Gasteiger partial charge >= 0.3 is 0 Å². The second-order valence-electron chi connectivity index (χ2n) is 4.82. The molecule has 0 aliphatic carbocycles. The third kappa shape index (κ3) is 6.28. The van der Waals surface area contributed by atoms with Gasteiger partial charge < -0.3 is 10.6 Å². The Morgan fingerprint density at radius 2 is 1.89 bits per heavy atom. The lowest BCUT2D eigenvalue weighted by Gasteiger charge is -2.10. The van der Waals surface area contributed by atoms with E-state index in [1.165, 1.54) is 0 Å². The molecule has 0 radical (unpaired) electrons. The fourth-order valence-corrected chi connectivity index (χ4v) is 2.05. The van der Waals surface area contributed by atoms with Crippen molar-refractivity contribution >= 4 is 29.1 Å². The molecule has 3 nitrogen and oxygen atoms in total. The van der Waals surface area contributed by atoms with Gasteiger partial charge in [-0.1, -0.05) is 43.1 Å². The molecular weight excluding hydrogens is 283 g/mol. The van der Waals surface area contributed by atoms with Crippen LogP contribution in [0.4, 0.5) is 0 Å². The molecule has 1 amide bonds. The molecule has 1 aromatic carbocycles. The van der Waals surface area contributed by atoms with E-state index < -0.39 is 0 Å². The quantitative estimate of drug-likeness (QED) is 0.759. The lowest BCUT2D eigenvalue weighted by Crippen LogP contribution is -2.30. The van der Waals surface area contributed by atoms with Crippen molar-refractivity contribution in [3.05, 3.63) is 33.8 Å². The van der Waals surface area contributed by atoms with Crippen molar-refractivity contribution in [2.45, 2.75) is 26.8 Å². The van der Waals surface area contributed by atoms with Crippen LogP contribution in [0, 0.1) is 5.92 Å². The molecule has 2 N–H and O–H groups in total. The average Bonchev–Trinajstić information content (AvgIpc) is 2.35. The number of carbonyl (C=O) groups is 1. The smallest absolute Gasteiger partial charge is 0.221 e. The van der Waals surface area contributed by atoms with Crippen LogP contribution in [0.25, 0.3) is 0 Å². The summed E-state index contributed by atoms with van der Waals surface area (Å²) in [6.45, 7) is 6.02. The van der Waals surface area contributed by atoms with Crippen LogP contribution in [0.3, 0.4) is 0 Å². The maximum Gasteiger partial charge on any atom is 0.221 e. The van der Waals surface area contributed by atoms with E-state index in [9.17, 15) is 4.79 Å². The van der Waals surface area contributed by atoms with Gasteiger partial charge in [0, 0.05) is 41.7 Å². The highest BCUT2D eigenvalue weighted by atomic mass is 35.5. The molecule has 0 heterocycles. The Morgan fingerprint density at radius 1 is 1.26 bits per heavy atom. The Hall–Kier alpha value is -0.770. The molecule has 0 bridgehead atoms. The van der Waals surface area contributed by atoms with Gasteiger partial charge in [-0.2, -0.15) is 0 Å². The van der Waals surface area contributed by atoms with Crippen LogP contribution >= 0.6 is 23.2 Å². The lowest BCUT2D eigenvalue weighted by atomic mass is 10.2. The number of hydrogen-bond donors (Lipinski definition) is 2. The monoisotopic (exact) mass is 302 g/mol. The second kappa shape index (κ2) is 8.41. The molecule has 0 atom stereocenters. The van der Waals surface area contributed by atoms with Gasteiger partial charge in [0.2, 0.25) is 5.91 Å². The number of amides is 1. The molecule has 0 aliphatic rings. The first-order valence-electron chi connectivity index (χ1n) is 6.41. The Kier molecular flexibility index (Phi) is 7.21. The summed E-state index contributed by atoms with van der Waals surface area (Å²) in [5.74, 6) is 0.533. The van der Waals surface area contributed by atoms with Crippen LogP contribution in [0.15, 0.2) is 18.2 Å². The number of carbonyl (C=O) groups excluding carboxylic acids is 1. The van der Waals surface area contributed by atoms with E-state index in [2.05, 4.69) is 24.5 Å². The molecule has 106 valence electrons. The molecule has 0 aromatic heterocycles.